The molecule has 0 aliphatic carbocycles. The van der Waals surface area contributed by atoms with Crippen molar-refractivity contribution in [3.8, 4) is 0 Å². The summed E-state index contributed by atoms with van der Waals surface area (Å²) >= 11 is 0. The highest BCUT2D eigenvalue weighted by molar-refractivity contribution is 6.02. The van der Waals surface area contributed by atoms with Crippen LogP contribution in [0.25, 0.3) is 6.08 Å². The van der Waals surface area contributed by atoms with Gasteiger partial charge in [0.1, 0.15) is 0 Å². The van der Waals surface area contributed by atoms with Crippen LogP contribution in [0, 0.1) is 0 Å². The molecule has 2 amide bonds. The number of amides is 2. The van der Waals surface area contributed by atoms with Crippen molar-refractivity contribution < 1.29 is 42.0 Å². The lowest BCUT2D eigenvalue weighted by atomic mass is 10.2. The van der Waals surface area contributed by atoms with Gasteiger partial charge in [-0.2, -0.15) is 13.2 Å². The van der Waals surface area contributed by atoms with Gasteiger partial charge in [-0.1, -0.05) is 12.1 Å². The molecule has 1 saturated heterocycles. The highest BCUT2D eigenvalue weighted by atomic mass is 19.4. The van der Waals surface area contributed by atoms with E-state index in [0.717, 1.165) is 6.08 Å². The van der Waals surface area contributed by atoms with Crippen LogP contribution in [0.2, 0.25) is 0 Å². The quantitative estimate of drug-likeness (QED) is 0.477. The van der Waals surface area contributed by atoms with Crippen LogP contribution in [0.4, 0.5) is 18.9 Å². The zero-order chi connectivity index (χ0) is 19.3. The minimum absolute atomic E-state index is 0.0246. The van der Waals surface area contributed by atoms with Gasteiger partial charge in [0, 0.05) is 18.9 Å². The SMILES string of the molecule is O=C(/C=C/c1ccc(NOC(=O)C(F)(F)F)cc1)ON1C(=O)CCC1=O. The highest BCUT2D eigenvalue weighted by Gasteiger charge is 2.41. The zero-order valence-electron chi connectivity index (χ0n) is 12.9. The Bertz CT molecular complexity index is 742. The number of carbonyl (C=O) groups excluding carboxylic acids is 4. The molecule has 0 aromatic heterocycles. The van der Waals surface area contributed by atoms with E-state index >= 15 is 0 Å². The first kappa shape index (κ1) is 19.0. The predicted molar refractivity (Wildman–Crippen MR) is 78.4 cm³/mol. The van der Waals surface area contributed by atoms with E-state index in [2.05, 4.69) is 9.68 Å². The lowest BCUT2D eigenvalue weighted by Gasteiger charge is -2.10. The summed E-state index contributed by atoms with van der Waals surface area (Å²) in [7, 11) is 0. The summed E-state index contributed by atoms with van der Waals surface area (Å²) in [6.45, 7) is 0. The van der Waals surface area contributed by atoms with Gasteiger partial charge in [0.25, 0.3) is 11.8 Å². The minimum atomic E-state index is -5.12. The number of nitrogens with zero attached hydrogens (tertiary/aromatic N) is 1. The van der Waals surface area contributed by atoms with Gasteiger partial charge in [-0.25, -0.2) is 15.1 Å². The first-order valence-corrected chi connectivity index (χ1v) is 7.06. The Morgan fingerprint density at radius 3 is 2.19 bits per heavy atom. The topological polar surface area (TPSA) is 102 Å². The number of benzene rings is 1. The Morgan fingerprint density at radius 1 is 1.08 bits per heavy atom. The van der Waals surface area contributed by atoms with Crippen LogP contribution in [0.1, 0.15) is 18.4 Å². The molecule has 2 rings (SSSR count). The van der Waals surface area contributed by atoms with Gasteiger partial charge >= 0.3 is 18.1 Å². The number of alkyl halides is 3. The van der Waals surface area contributed by atoms with Crippen LogP contribution in [-0.2, 0) is 28.9 Å². The molecule has 138 valence electrons. The molecule has 0 unspecified atom stereocenters. The molecular formula is C15H11F3N2O6. The second kappa shape index (κ2) is 7.68. The Hall–Kier alpha value is -3.37. The van der Waals surface area contributed by atoms with Gasteiger partial charge in [0.2, 0.25) is 0 Å². The van der Waals surface area contributed by atoms with Crippen molar-refractivity contribution in [2.75, 3.05) is 5.48 Å². The van der Waals surface area contributed by atoms with Gasteiger partial charge in [-0.05, 0) is 23.8 Å². The third-order valence-electron chi connectivity index (χ3n) is 3.00. The standard InChI is InChI=1S/C15H11F3N2O6/c16-15(17,18)14(24)25-19-10-4-1-9(2-5-10)3-8-13(23)26-20-11(21)6-7-12(20)22/h1-5,8,19H,6-7H2/b8-3+. The number of anilines is 1. The third kappa shape index (κ3) is 5.06. The predicted octanol–water partition coefficient (Wildman–Crippen LogP) is 1.74. The van der Waals surface area contributed by atoms with Crippen molar-refractivity contribution in [1.82, 2.24) is 5.06 Å². The lowest BCUT2D eigenvalue weighted by molar-refractivity contribution is -0.196. The van der Waals surface area contributed by atoms with E-state index < -0.39 is 29.9 Å². The maximum Gasteiger partial charge on any atom is 0.493 e. The Morgan fingerprint density at radius 2 is 1.65 bits per heavy atom. The molecule has 8 nitrogen and oxygen atoms in total. The summed E-state index contributed by atoms with van der Waals surface area (Å²) in [5.74, 6) is -4.56. The lowest BCUT2D eigenvalue weighted by Crippen LogP contribution is -2.31. The van der Waals surface area contributed by atoms with E-state index in [-0.39, 0.29) is 18.5 Å². The number of nitrogens with one attached hydrogen (secondary N) is 1. The Balaban J connectivity index is 1.87. The van der Waals surface area contributed by atoms with Crippen molar-refractivity contribution in [3.63, 3.8) is 0 Å². The summed E-state index contributed by atoms with van der Waals surface area (Å²) < 4.78 is 35.9. The summed E-state index contributed by atoms with van der Waals surface area (Å²) in [4.78, 5) is 53.2. The monoisotopic (exact) mass is 372 g/mol. The van der Waals surface area contributed by atoms with E-state index in [1.165, 1.54) is 30.3 Å². The molecule has 1 heterocycles. The molecule has 11 heteroatoms. The van der Waals surface area contributed by atoms with Crippen LogP contribution >= 0.6 is 0 Å². The van der Waals surface area contributed by atoms with E-state index in [1.54, 1.807) is 0 Å². The summed E-state index contributed by atoms with van der Waals surface area (Å²) in [6.07, 6.45) is -2.91. The van der Waals surface area contributed by atoms with Crippen LogP contribution in [0.5, 0.6) is 0 Å². The van der Waals surface area contributed by atoms with Crippen molar-refractivity contribution in [2.45, 2.75) is 19.0 Å². The molecule has 0 atom stereocenters. The fourth-order valence-electron chi connectivity index (χ4n) is 1.77. The molecule has 0 saturated carbocycles. The molecule has 0 bridgehead atoms. The summed E-state index contributed by atoms with van der Waals surface area (Å²) in [5.41, 5.74) is 2.35. The van der Waals surface area contributed by atoms with Crippen LogP contribution < -0.4 is 5.48 Å². The average Bonchev–Trinajstić information content (AvgIpc) is 2.89. The minimum Gasteiger partial charge on any atom is -0.335 e. The maximum absolute atomic E-state index is 12.0. The number of carbonyl (C=O) groups is 4. The van der Waals surface area contributed by atoms with Crippen LogP contribution in [0.3, 0.4) is 0 Å². The fourth-order valence-corrected chi connectivity index (χ4v) is 1.77. The molecule has 1 fully saturated rings. The van der Waals surface area contributed by atoms with E-state index in [9.17, 15) is 32.3 Å². The molecular weight excluding hydrogens is 361 g/mol. The smallest absolute Gasteiger partial charge is 0.335 e. The van der Waals surface area contributed by atoms with Crippen LogP contribution in [-0.4, -0.2) is 35.0 Å². The molecule has 1 aliphatic rings. The molecule has 1 aliphatic heterocycles. The number of rotatable bonds is 5. The van der Waals surface area contributed by atoms with Gasteiger partial charge in [0.15, 0.2) is 0 Å². The number of imide groups is 1. The van der Waals surface area contributed by atoms with Crippen molar-refractivity contribution in [2.24, 2.45) is 0 Å². The molecule has 1 N–H and O–H groups in total. The fraction of sp³-hybridized carbons (Fsp3) is 0.200. The molecule has 1 aromatic rings. The highest BCUT2D eigenvalue weighted by Crippen LogP contribution is 2.18. The zero-order valence-corrected chi connectivity index (χ0v) is 12.9. The van der Waals surface area contributed by atoms with Crippen molar-refractivity contribution >= 4 is 35.5 Å². The average molecular weight is 372 g/mol. The normalized spacial score (nSPS) is 14.7. The second-order valence-corrected chi connectivity index (χ2v) is 4.94. The third-order valence-corrected chi connectivity index (χ3v) is 3.00. The van der Waals surface area contributed by atoms with Crippen molar-refractivity contribution in [1.29, 1.82) is 0 Å². The molecule has 0 spiro atoms. The van der Waals surface area contributed by atoms with Crippen molar-refractivity contribution in [3.05, 3.63) is 35.9 Å². The number of hydrogen-bond acceptors (Lipinski definition) is 7. The van der Waals surface area contributed by atoms with Gasteiger partial charge in [0.05, 0.1) is 5.69 Å². The van der Waals surface area contributed by atoms with Gasteiger partial charge < -0.3 is 9.68 Å². The Labute approximate surface area is 144 Å². The number of hydroxylamine groups is 2. The summed E-state index contributed by atoms with van der Waals surface area (Å²) in [5, 5.41) is 0.398. The maximum atomic E-state index is 12.0. The first-order chi connectivity index (χ1) is 12.2. The molecule has 26 heavy (non-hydrogen) atoms. The molecule has 1 aromatic carbocycles. The number of hydrogen-bond donors (Lipinski definition) is 1. The van der Waals surface area contributed by atoms with Gasteiger partial charge in [-0.3, -0.25) is 9.59 Å². The van der Waals surface area contributed by atoms with E-state index in [4.69, 9.17) is 0 Å². The Kier molecular flexibility index (Phi) is 5.60. The first-order valence-electron chi connectivity index (χ1n) is 7.06. The van der Waals surface area contributed by atoms with E-state index in [1.807, 2.05) is 5.48 Å². The molecule has 0 radical (unpaired) electrons. The largest absolute Gasteiger partial charge is 0.493 e. The number of halogens is 3. The summed E-state index contributed by atoms with van der Waals surface area (Å²) in [6, 6.07) is 5.39. The van der Waals surface area contributed by atoms with Crippen LogP contribution in [0.15, 0.2) is 30.3 Å². The van der Waals surface area contributed by atoms with E-state index in [0.29, 0.717) is 10.6 Å². The second-order valence-electron chi connectivity index (χ2n) is 4.94. The van der Waals surface area contributed by atoms with Gasteiger partial charge in [-0.15, -0.1) is 5.06 Å².